The number of amides is 1. The zero-order chi connectivity index (χ0) is 14.9. The molecular weight excluding hydrogens is 268 g/mol. The van der Waals surface area contributed by atoms with Gasteiger partial charge in [-0.05, 0) is 19.3 Å². The van der Waals surface area contributed by atoms with Gasteiger partial charge in [-0.25, -0.2) is 0 Å². The Balaban J connectivity index is 1.86. The minimum absolute atomic E-state index is 0.259. The molecule has 0 unspecified atom stereocenters. The van der Waals surface area contributed by atoms with Crippen LogP contribution in [0.3, 0.4) is 0 Å². The molecule has 0 spiro atoms. The van der Waals surface area contributed by atoms with Crippen LogP contribution < -0.4 is 0 Å². The fourth-order valence-corrected chi connectivity index (χ4v) is 2.95. The van der Waals surface area contributed by atoms with Crippen LogP contribution >= 0.6 is 0 Å². The van der Waals surface area contributed by atoms with Crippen LogP contribution in [0.15, 0.2) is 12.7 Å². The van der Waals surface area contributed by atoms with Crippen molar-refractivity contribution in [1.82, 2.24) is 9.80 Å². The highest BCUT2D eigenvalue weighted by Crippen LogP contribution is 2.16. The summed E-state index contributed by atoms with van der Waals surface area (Å²) < 4.78 is 10.8. The van der Waals surface area contributed by atoms with Crippen molar-refractivity contribution in [2.75, 3.05) is 52.6 Å². The first-order valence-electron chi connectivity index (χ1n) is 8.09. The van der Waals surface area contributed by atoms with Gasteiger partial charge >= 0.3 is 0 Å². The third-order valence-electron chi connectivity index (χ3n) is 4.28. The summed E-state index contributed by atoms with van der Waals surface area (Å²) in [6.45, 7) is 10.6. The Kier molecular flexibility index (Phi) is 7.19. The van der Waals surface area contributed by atoms with E-state index in [1.165, 1.54) is 0 Å². The fourth-order valence-electron chi connectivity index (χ4n) is 2.95. The van der Waals surface area contributed by atoms with Crippen molar-refractivity contribution in [1.29, 1.82) is 0 Å². The van der Waals surface area contributed by atoms with Gasteiger partial charge in [0.25, 0.3) is 0 Å². The fraction of sp³-hybridized carbons (Fsp3) is 0.812. The molecule has 0 saturated carbocycles. The van der Waals surface area contributed by atoms with Gasteiger partial charge in [0.1, 0.15) is 0 Å². The summed E-state index contributed by atoms with van der Waals surface area (Å²) in [6.07, 6.45) is 5.08. The standard InChI is InChI=1S/C16H28N2O3/c1-2-3-4-16(19)18(15-5-11-20-12-6-15)8-7-17-9-13-21-14-10-17/h2,15H,1,3-14H2. The molecule has 0 bridgehead atoms. The summed E-state index contributed by atoms with van der Waals surface area (Å²) >= 11 is 0. The smallest absolute Gasteiger partial charge is 0.223 e. The van der Waals surface area contributed by atoms with Gasteiger partial charge in [0.05, 0.1) is 13.2 Å². The Bertz CT molecular complexity index is 323. The molecular formula is C16H28N2O3. The van der Waals surface area contributed by atoms with Crippen molar-refractivity contribution in [3.8, 4) is 0 Å². The molecule has 0 aromatic heterocycles. The number of rotatable bonds is 7. The first kappa shape index (κ1) is 16.5. The van der Waals surface area contributed by atoms with Crippen molar-refractivity contribution in [2.24, 2.45) is 0 Å². The van der Waals surface area contributed by atoms with Crippen LogP contribution in [-0.2, 0) is 14.3 Å². The van der Waals surface area contributed by atoms with Crippen LogP contribution in [0.25, 0.3) is 0 Å². The second-order valence-corrected chi connectivity index (χ2v) is 5.71. The molecule has 0 aliphatic carbocycles. The predicted octanol–water partition coefficient (Wildman–Crippen LogP) is 1.29. The molecule has 0 aromatic rings. The van der Waals surface area contributed by atoms with E-state index in [4.69, 9.17) is 9.47 Å². The normalized spacial score (nSPS) is 21.1. The molecule has 5 heteroatoms. The Morgan fingerprint density at radius 2 is 1.86 bits per heavy atom. The van der Waals surface area contributed by atoms with Crippen LogP contribution in [0.4, 0.5) is 0 Å². The quantitative estimate of drug-likeness (QED) is 0.664. The van der Waals surface area contributed by atoms with Gasteiger partial charge < -0.3 is 14.4 Å². The molecule has 0 aromatic carbocycles. The molecule has 1 amide bonds. The maximum absolute atomic E-state index is 12.5. The van der Waals surface area contributed by atoms with E-state index in [1.54, 1.807) is 0 Å². The van der Waals surface area contributed by atoms with Crippen molar-refractivity contribution in [3.05, 3.63) is 12.7 Å². The second kappa shape index (κ2) is 9.18. The molecule has 2 aliphatic rings. The number of morpholine rings is 1. The highest BCUT2D eigenvalue weighted by atomic mass is 16.5. The number of allylic oxidation sites excluding steroid dienone is 1. The average Bonchev–Trinajstić information content (AvgIpc) is 2.55. The molecule has 2 rings (SSSR count). The summed E-state index contributed by atoms with van der Waals surface area (Å²) in [5.41, 5.74) is 0. The first-order valence-corrected chi connectivity index (χ1v) is 8.09. The predicted molar refractivity (Wildman–Crippen MR) is 82.2 cm³/mol. The molecule has 120 valence electrons. The minimum atomic E-state index is 0.259. The maximum Gasteiger partial charge on any atom is 0.223 e. The van der Waals surface area contributed by atoms with Crippen molar-refractivity contribution in [3.63, 3.8) is 0 Å². The molecule has 21 heavy (non-hydrogen) atoms. The van der Waals surface area contributed by atoms with E-state index >= 15 is 0 Å². The van der Waals surface area contributed by atoms with Gasteiger partial charge in [-0.1, -0.05) is 6.08 Å². The van der Waals surface area contributed by atoms with Gasteiger partial charge in [-0.3, -0.25) is 9.69 Å². The Morgan fingerprint density at radius 3 is 2.52 bits per heavy atom. The molecule has 2 aliphatic heterocycles. The number of hydrogen-bond acceptors (Lipinski definition) is 4. The molecule has 2 heterocycles. The number of ether oxygens (including phenoxy) is 2. The van der Waals surface area contributed by atoms with Crippen molar-refractivity contribution < 1.29 is 14.3 Å². The second-order valence-electron chi connectivity index (χ2n) is 5.71. The Hall–Kier alpha value is -0.910. The number of carbonyl (C=O) groups is 1. The van der Waals surface area contributed by atoms with E-state index in [9.17, 15) is 4.79 Å². The van der Waals surface area contributed by atoms with Crippen LogP contribution in [0.5, 0.6) is 0 Å². The monoisotopic (exact) mass is 296 g/mol. The van der Waals surface area contributed by atoms with Crippen molar-refractivity contribution in [2.45, 2.75) is 31.7 Å². The van der Waals surface area contributed by atoms with E-state index in [2.05, 4.69) is 16.4 Å². The molecule has 2 saturated heterocycles. The van der Waals surface area contributed by atoms with E-state index in [0.29, 0.717) is 12.5 Å². The van der Waals surface area contributed by atoms with E-state index in [-0.39, 0.29) is 5.91 Å². The molecule has 0 N–H and O–H groups in total. The number of nitrogens with zero attached hydrogens (tertiary/aromatic N) is 2. The largest absolute Gasteiger partial charge is 0.381 e. The van der Waals surface area contributed by atoms with Gasteiger partial charge in [0.15, 0.2) is 0 Å². The van der Waals surface area contributed by atoms with Gasteiger partial charge in [0.2, 0.25) is 5.91 Å². The lowest BCUT2D eigenvalue weighted by molar-refractivity contribution is -0.135. The van der Waals surface area contributed by atoms with E-state index in [0.717, 1.165) is 71.9 Å². The summed E-state index contributed by atoms with van der Waals surface area (Å²) in [5, 5.41) is 0. The zero-order valence-electron chi connectivity index (χ0n) is 13.0. The topological polar surface area (TPSA) is 42.0 Å². The molecule has 0 atom stereocenters. The number of carbonyl (C=O) groups excluding carboxylic acids is 1. The van der Waals surface area contributed by atoms with Gasteiger partial charge in [0, 0.05) is 51.9 Å². The average molecular weight is 296 g/mol. The lowest BCUT2D eigenvalue weighted by atomic mass is 10.1. The minimum Gasteiger partial charge on any atom is -0.381 e. The van der Waals surface area contributed by atoms with Crippen LogP contribution in [0, 0.1) is 0 Å². The van der Waals surface area contributed by atoms with E-state index in [1.807, 2.05) is 6.08 Å². The van der Waals surface area contributed by atoms with Gasteiger partial charge in [-0.15, -0.1) is 6.58 Å². The lowest BCUT2D eigenvalue weighted by Gasteiger charge is -2.36. The highest BCUT2D eigenvalue weighted by Gasteiger charge is 2.25. The SMILES string of the molecule is C=CCCC(=O)N(CCN1CCOCC1)C1CCOCC1. The molecule has 5 nitrogen and oxygen atoms in total. The third kappa shape index (κ3) is 5.41. The Morgan fingerprint density at radius 1 is 1.19 bits per heavy atom. The molecule has 2 fully saturated rings. The van der Waals surface area contributed by atoms with Gasteiger partial charge in [-0.2, -0.15) is 0 Å². The van der Waals surface area contributed by atoms with E-state index < -0.39 is 0 Å². The summed E-state index contributed by atoms with van der Waals surface area (Å²) in [5.74, 6) is 0.259. The van der Waals surface area contributed by atoms with Crippen molar-refractivity contribution >= 4 is 5.91 Å². The van der Waals surface area contributed by atoms with Crippen LogP contribution in [0.2, 0.25) is 0 Å². The van der Waals surface area contributed by atoms with Crippen LogP contribution in [-0.4, -0.2) is 74.4 Å². The summed E-state index contributed by atoms with van der Waals surface area (Å²) in [7, 11) is 0. The lowest BCUT2D eigenvalue weighted by Crippen LogP contribution is -2.48. The zero-order valence-corrected chi connectivity index (χ0v) is 13.0. The summed E-state index contributed by atoms with van der Waals surface area (Å²) in [4.78, 5) is 16.9. The maximum atomic E-state index is 12.5. The summed E-state index contributed by atoms with van der Waals surface area (Å²) in [6, 6.07) is 0.345. The van der Waals surface area contributed by atoms with Crippen LogP contribution in [0.1, 0.15) is 25.7 Å². The Labute approximate surface area is 127 Å². The highest BCUT2D eigenvalue weighted by molar-refractivity contribution is 5.76. The number of hydrogen-bond donors (Lipinski definition) is 0. The third-order valence-corrected chi connectivity index (χ3v) is 4.28. The molecule has 0 radical (unpaired) electrons. The first-order chi connectivity index (χ1) is 10.3.